The van der Waals surface area contributed by atoms with Crippen molar-refractivity contribution in [2.24, 2.45) is 5.92 Å². The molecule has 0 aromatic carbocycles. The first-order chi connectivity index (χ1) is 11.3. The van der Waals surface area contributed by atoms with Crippen LogP contribution in [0.25, 0.3) is 0 Å². The summed E-state index contributed by atoms with van der Waals surface area (Å²) in [6.45, 7) is 3.39. The maximum absolute atomic E-state index is 12.7. The van der Waals surface area contributed by atoms with Crippen molar-refractivity contribution < 1.29 is 4.79 Å². The molecular formula is C17H22N4OS. The van der Waals surface area contributed by atoms with E-state index in [-0.39, 0.29) is 11.9 Å². The topological polar surface area (TPSA) is 50.2 Å². The normalized spacial score (nSPS) is 21.7. The van der Waals surface area contributed by atoms with Gasteiger partial charge in [0.05, 0.1) is 12.2 Å². The summed E-state index contributed by atoms with van der Waals surface area (Å²) < 4.78 is 1.90. The van der Waals surface area contributed by atoms with E-state index in [4.69, 9.17) is 0 Å². The van der Waals surface area contributed by atoms with Gasteiger partial charge in [-0.2, -0.15) is 5.10 Å². The van der Waals surface area contributed by atoms with Crippen molar-refractivity contribution in [2.75, 3.05) is 13.1 Å². The Morgan fingerprint density at radius 2 is 2.30 bits per heavy atom. The van der Waals surface area contributed by atoms with Gasteiger partial charge in [-0.05, 0) is 36.3 Å². The third-order valence-electron chi connectivity index (χ3n) is 4.92. The Morgan fingerprint density at radius 3 is 3.04 bits per heavy atom. The molecule has 23 heavy (non-hydrogen) atoms. The standard InChI is InChI=1S/C17H22N4OS/c22-17(18-9-15-5-2-8-23-15)16-12-20(10-13-3-1-4-13)11-14-6-7-19-21(14)16/h2,5-8,13,16H,1,3-4,9-12H2,(H,18,22)/t16-/m0/s1. The largest absolute Gasteiger partial charge is 0.349 e. The van der Waals surface area contributed by atoms with Gasteiger partial charge in [0.1, 0.15) is 6.04 Å². The van der Waals surface area contributed by atoms with Crippen molar-refractivity contribution >= 4 is 17.2 Å². The smallest absolute Gasteiger partial charge is 0.246 e. The molecule has 4 rings (SSSR count). The summed E-state index contributed by atoms with van der Waals surface area (Å²) in [5.41, 5.74) is 1.15. The number of amides is 1. The second kappa shape index (κ2) is 6.45. The van der Waals surface area contributed by atoms with E-state index in [1.807, 2.05) is 34.5 Å². The first-order valence-electron chi connectivity index (χ1n) is 8.34. The first kappa shape index (κ1) is 14.9. The predicted molar refractivity (Wildman–Crippen MR) is 90.0 cm³/mol. The van der Waals surface area contributed by atoms with Gasteiger partial charge < -0.3 is 5.32 Å². The molecule has 0 spiro atoms. The number of nitrogens with one attached hydrogen (secondary N) is 1. The van der Waals surface area contributed by atoms with Gasteiger partial charge in [-0.25, -0.2) is 0 Å². The Bertz CT molecular complexity index is 662. The Kier molecular flexibility index (Phi) is 4.18. The minimum absolute atomic E-state index is 0.0710. The molecule has 2 aliphatic rings. The molecule has 1 aliphatic heterocycles. The molecule has 0 radical (unpaired) electrons. The molecule has 1 fully saturated rings. The van der Waals surface area contributed by atoms with Crippen LogP contribution in [0.4, 0.5) is 0 Å². The lowest BCUT2D eigenvalue weighted by molar-refractivity contribution is -0.126. The van der Waals surface area contributed by atoms with Crippen molar-refractivity contribution in [3.05, 3.63) is 40.3 Å². The summed E-state index contributed by atoms with van der Waals surface area (Å²) >= 11 is 1.67. The number of nitrogens with zero attached hydrogens (tertiary/aromatic N) is 3. The van der Waals surface area contributed by atoms with Crippen LogP contribution in [0.5, 0.6) is 0 Å². The lowest BCUT2D eigenvalue weighted by atomic mass is 9.85. The quantitative estimate of drug-likeness (QED) is 0.916. The maximum Gasteiger partial charge on any atom is 0.246 e. The van der Waals surface area contributed by atoms with E-state index in [0.29, 0.717) is 6.54 Å². The molecule has 3 heterocycles. The third-order valence-corrected chi connectivity index (χ3v) is 5.80. The van der Waals surface area contributed by atoms with Crippen molar-refractivity contribution in [2.45, 2.75) is 38.4 Å². The van der Waals surface area contributed by atoms with Gasteiger partial charge in [0.25, 0.3) is 0 Å². The Balaban J connectivity index is 1.44. The SMILES string of the molecule is O=C(NCc1cccs1)[C@@H]1CN(CC2CCC2)Cc2ccnn21. The highest BCUT2D eigenvalue weighted by Crippen LogP contribution is 2.29. The van der Waals surface area contributed by atoms with Crippen LogP contribution >= 0.6 is 11.3 Å². The molecule has 2 aromatic heterocycles. The molecule has 1 saturated carbocycles. The highest BCUT2D eigenvalue weighted by molar-refractivity contribution is 7.09. The first-order valence-corrected chi connectivity index (χ1v) is 9.22. The number of hydrogen-bond donors (Lipinski definition) is 1. The molecule has 1 amide bonds. The fraction of sp³-hybridized carbons (Fsp3) is 0.529. The highest BCUT2D eigenvalue weighted by Gasteiger charge is 2.32. The molecule has 6 heteroatoms. The molecule has 1 aliphatic carbocycles. The summed E-state index contributed by atoms with van der Waals surface area (Å²) in [5.74, 6) is 0.890. The Labute approximate surface area is 140 Å². The number of hydrogen-bond acceptors (Lipinski definition) is 4. The van der Waals surface area contributed by atoms with Gasteiger partial charge >= 0.3 is 0 Å². The molecule has 0 unspecified atom stereocenters. The van der Waals surface area contributed by atoms with Crippen LogP contribution in [-0.2, 0) is 17.9 Å². The summed E-state index contributed by atoms with van der Waals surface area (Å²) in [7, 11) is 0. The molecule has 1 atom stereocenters. The molecule has 5 nitrogen and oxygen atoms in total. The summed E-state index contributed by atoms with van der Waals surface area (Å²) in [6.07, 6.45) is 5.85. The molecular weight excluding hydrogens is 308 g/mol. The highest BCUT2D eigenvalue weighted by atomic mass is 32.1. The van der Waals surface area contributed by atoms with Crippen molar-refractivity contribution in [1.82, 2.24) is 20.0 Å². The second-order valence-corrected chi connectivity index (χ2v) is 7.60. The Morgan fingerprint density at radius 1 is 1.39 bits per heavy atom. The number of aromatic nitrogens is 2. The van der Waals surface area contributed by atoms with Crippen LogP contribution in [-0.4, -0.2) is 33.7 Å². The fourth-order valence-electron chi connectivity index (χ4n) is 3.44. The zero-order valence-electron chi connectivity index (χ0n) is 13.1. The molecule has 1 N–H and O–H groups in total. The van der Waals surface area contributed by atoms with E-state index in [1.54, 1.807) is 11.3 Å². The van der Waals surface area contributed by atoms with Crippen LogP contribution in [0.1, 0.15) is 35.9 Å². The average molecular weight is 330 g/mol. The van der Waals surface area contributed by atoms with Crippen LogP contribution in [0.15, 0.2) is 29.8 Å². The minimum atomic E-state index is -0.214. The van der Waals surface area contributed by atoms with E-state index in [9.17, 15) is 4.79 Å². The molecule has 2 aromatic rings. The maximum atomic E-state index is 12.7. The molecule has 122 valence electrons. The lowest BCUT2D eigenvalue weighted by Crippen LogP contribution is -2.46. The van der Waals surface area contributed by atoms with Crippen LogP contribution < -0.4 is 5.32 Å². The van der Waals surface area contributed by atoms with Gasteiger partial charge in [-0.3, -0.25) is 14.4 Å². The number of carbonyl (C=O) groups is 1. The zero-order valence-corrected chi connectivity index (χ0v) is 14.0. The number of rotatable bonds is 5. The van der Waals surface area contributed by atoms with Gasteiger partial charge in [0.15, 0.2) is 0 Å². The molecule has 0 saturated heterocycles. The van der Waals surface area contributed by atoms with Gasteiger partial charge in [-0.15, -0.1) is 11.3 Å². The zero-order chi connectivity index (χ0) is 15.6. The van der Waals surface area contributed by atoms with E-state index in [2.05, 4.69) is 15.3 Å². The van der Waals surface area contributed by atoms with E-state index in [1.165, 1.54) is 24.1 Å². The fourth-order valence-corrected chi connectivity index (χ4v) is 4.09. The van der Waals surface area contributed by atoms with Crippen LogP contribution in [0.3, 0.4) is 0 Å². The van der Waals surface area contributed by atoms with Gasteiger partial charge in [0.2, 0.25) is 5.91 Å². The van der Waals surface area contributed by atoms with Crippen molar-refractivity contribution in [3.63, 3.8) is 0 Å². The lowest BCUT2D eigenvalue weighted by Gasteiger charge is -2.37. The number of carbonyl (C=O) groups excluding carboxylic acids is 1. The second-order valence-electron chi connectivity index (χ2n) is 6.57. The van der Waals surface area contributed by atoms with E-state index in [0.717, 1.165) is 31.2 Å². The van der Waals surface area contributed by atoms with Gasteiger partial charge in [-0.1, -0.05) is 12.5 Å². The Hall–Kier alpha value is -1.66. The molecule has 0 bridgehead atoms. The van der Waals surface area contributed by atoms with Crippen LogP contribution in [0, 0.1) is 5.92 Å². The average Bonchev–Trinajstić information content (AvgIpc) is 3.18. The van der Waals surface area contributed by atoms with Gasteiger partial charge in [0, 0.05) is 30.7 Å². The van der Waals surface area contributed by atoms with Crippen LogP contribution in [0.2, 0.25) is 0 Å². The minimum Gasteiger partial charge on any atom is -0.349 e. The number of fused-ring (bicyclic) bond motifs is 1. The van der Waals surface area contributed by atoms with E-state index < -0.39 is 0 Å². The summed E-state index contributed by atoms with van der Waals surface area (Å²) in [6, 6.07) is 5.88. The third kappa shape index (κ3) is 3.19. The number of thiophene rings is 1. The summed E-state index contributed by atoms with van der Waals surface area (Å²) in [4.78, 5) is 16.3. The summed E-state index contributed by atoms with van der Waals surface area (Å²) in [5, 5.41) is 9.49. The predicted octanol–water partition coefficient (Wildman–Crippen LogP) is 2.42. The van der Waals surface area contributed by atoms with Crippen molar-refractivity contribution in [1.29, 1.82) is 0 Å². The van der Waals surface area contributed by atoms with Crippen molar-refractivity contribution in [3.8, 4) is 0 Å². The monoisotopic (exact) mass is 330 g/mol. The van der Waals surface area contributed by atoms with E-state index >= 15 is 0 Å².